The molecule has 0 heterocycles. The van der Waals surface area contributed by atoms with Crippen LogP contribution in [0.25, 0.3) is 0 Å². The summed E-state index contributed by atoms with van der Waals surface area (Å²) in [5.41, 5.74) is 1.32. The van der Waals surface area contributed by atoms with E-state index in [-0.39, 0.29) is 0 Å². The van der Waals surface area contributed by atoms with Crippen LogP contribution in [0.3, 0.4) is 0 Å². The van der Waals surface area contributed by atoms with E-state index >= 15 is 0 Å². The standard InChI is InChI=1S/C10H12S/c1-8(2)11-10-7-5-4-6-9(10)3/h4-7H,1H2,2-3H3. The molecule has 0 unspecified atom stereocenters. The first-order chi connectivity index (χ1) is 5.20. The zero-order chi connectivity index (χ0) is 8.27. The smallest absolute Gasteiger partial charge is 0.0147 e. The van der Waals surface area contributed by atoms with Gasteiger partial charge < -0.3 is 0 Å². The van der Waals surface area contributed by atoms with Crippen molar-refractivity contribution in [1.82, 2.24) is 0 Å². The van der Waals surface area contributed by atoms with Crippen molar-refractivity contribution in [2.45, 2.75) is 18.7 Å². The summed E-state index contributed by atoms with van der Waals surface area (Å²) in [6.07, 6.45) is 0. The number of thioether (sulfide) groups is 1. The van der Waals surface area contributed by atoms with Crippen LogP contribution in [0.5, 0.6) is 0 Å². The summed E-state index contributed by atoms with van der Waals surface area (Å²) in [7, 11) is 0. The zero-order valence-corrected chi connectivity index (χ0v) is 7.74. The molecule has 1 heteroatoms. The van der Waals surface area contributed by atoms with Gasteiger partial charge in [-0.2, -0.15) is 0 Å². The molecule has 0 nitrogen and oxygen atoms in total. The van der Waals surface area contributed by atoms with Gasteiger partial charge in [0, 0.05) is 4.90 Å². The van der Waals surface area contributed by atoms with Gasteiger partial charge in [0.1, 0.15) is 0 Å². The van der Waals surface area contributed by atoms with Crippen molar-refractivity contribution in [3.05, 3.63) is 41.3 Å². The van der Waals surface area contributed by atoms with E-state index in [9.17, 15) is 0 Å². The fourth-order valence-electron chi connectivity index (χ4n) is 0.859. The number of rotatable bonds is 2. The third-order valence-electron chi connectivity index (χ3n) is 1.38. The molecule has 0 aliphatic heterocycles. The van der Waals surface area contributed by atoms with Gasteiger partial charge in [-0.15, -0.1) is 0 Å². The Labute approximate surface area is 72.3 Å². The number of hydrogen-bond acceptors (Lipinski definition) is 1. The lowest BCUT2D eigenvalue weighted by molar-refractivity contribution is 1.31. The molecular formula is C10H12S. The largest absolute Gasteiger partial charge is 0.0952 e. The van der Waals surface area contributed by atoms with E-state index in [2.05, 4.69) is 37.8 Å². The fourth-order valence-corrected chi connectivity index (χ4v) is 1.61. The van der Waals surface area contributed by atoms with Gasteiger partial charge in [0.15, 0.2) is 0 Å². The van der Waals surface area contributed by atoms with Crippen LogP contribution in [0, 0.1) is 6.92 Å². The van der Waals surface area contributed by atoms with Crippen molar-refractivity contribution in [2.75, 3.05) is 0 Å². The highest BCUT2D eigenvalue weighted by atomic mass is 32.2. The normalized spacial score (nSPS) is 9.64. The van der Waals surface area contributed by atoms with Crippen molar-refractivity contribution in [3.8, 4) is 0 Å². The SMILES string of the molecule is C=C(C)Sc1ccccc1C. The van der Waals surface area contributed by atoms with Crippen molar-refractivity contribution in [2.24, 2.45) is 0 Å². The van der Waals surface area contributed by atoms with Gasteiger partial charge in [0.25, 0.3) is 0 Å². The van der Waals surface area contributed by atoms with Gasteiger partial charge in [-0.1, -0.05) is 36.5 Å². The number of hydrogen-bond donors (Lipinski definition) is 0. The number of allylic oxidation sites excluding steroid dienone is 1. The van der Waals surface area contributed by atoms with Crippen molar-refractivity contribution >= 4 is 11.8 Å². The Morgan fingerprint density at radius 2 is 2.00 bits per heavy atom. The minimum Gasteiger partial charge on any atom is -0.0952 e. The summed E-state index contributed by atoms with van der Waals surface area (Å²) < 4.78 is 0. The quantitative estimate of drug-likeness (QED) is 0.601. The molecule has 1 aromatic carbocycles. The second-order valence-electron chi connectivity index (χ2n) is 2.57. The van der Waals surface area contributed by atoms with E-state index in [1.807, 2.05) is 6.92 Å². The maximum atomic E-state index is 3.85. The number of benzene rings is 1. The van der Waals surface area contributed by atoms with E-state index in [0.29, 0.717) is 0 Å². The van der Waals surface area contributed by atoms with Gasteiger partial charge in [0.2, 0.25) is 0 Å². The minimum absolute atomic E-state index is 1.14. The van der Waals surface area contributed by atoms with Crippen molar-refractivity contribution < 1.29 is 0 Å². The highest BCUT2D eigenvalue weighted by Gasteiger charge is 1.95. The Morgan fingerprint density at radius 3 is 2.55 bits per heavy atom. The Bertz CT molecular complexity index is 263. The molecule has 0 spiro atoms. The minimum atomic E-state index is 1.14. The lowest BCUT2D eigenvalue weighted by Crippen LogP contribution is -1.76. The Balaban J connectivity index is 2.86. The predicted octanol–water partition coefficient (Wildman–Crippen LogP) is 3.62. The second-order valence-corrected chi connectivity index (χ2v) is 3.91. The Hall–Kier alpha value is -0.690. The summed E-state index contributed by atoms with van der Waals surface area (Å²) in [5.74, 6) is 0. The Kier molecular flexibility index (Phi) is 2.77. The van der Waals surface area contributed by atoms with Crippen LogP contribution in [0.4, 0.5) is 0 Å². The molecule has 0 amide bonds. The fraction of sp³-hybridized carbons (Fsp3) is 0.200. The predicted molar refractivity (Wildman–Crippen MR) is 51.9 cm³/mol. The van der Waals surface area contributed by atoms with E-state index < -0.39 is 0 Å². The summed E-state index contributed by atoms with van der Waals surface area (Å²) in [6.45, 7) is 8.00. The average Bonchev–Trinajstić information content (AvgIpc) is 1.93. The molecule has 0 radical (unpaired) electrons. The molecule has 0 aliphatic rings. The van der Waals surface area contributed by atoms with Crippen LogP contribution in [-0.4, -0.2) is 0 Å². The lowest BCUT2D eigenvalue weighted by Gasteiger charge is -2.02. The van der Waals surface area contributed by atoms with E-state index in [0.717, 1.165) is 4.91 Å². The molecule has 0 aliphatic carbocycles. The summed E-state index contributed by atoms with van der Waals surface area (Å²) >= 11 is 1.73. The molecule has 0 aromatic heterocycles. The van der Waals surface area contributed by atoms with Gasteiger partial charge >= 0.3 is 0 Å². The third kappa shape index (κ3) is 2.43. The van der Waals surface area contributed by atoms with Crippen LogP contribution < -0.4 is 0 Å². The highest BCUT2D eigenvalue weighted by molar-refractivity contribution is 8.03. The molecule has 0 N–H and O–H groups in total. The lowest BCUT2D eigenvalue weighted by atomic mass is 10.2. The first-order valence-electron chi connectivity index (χ1n) is 3.59. The molecule has 1 aromatic rings. The molecule has 0 atom stereocenters. The van der Waals surface area contributed by atoms with Crippen LogP contribution in [0.15, 0.2) is 40.6 Å². The molecule has 1 rings (SSSR count). The first kappa shape index (κ1) is 8.41. The summed E-state index contributed by atoms with van der Waals surface area (Å²) in [6, 6.07) is 8.34. The second kappa shape index (κ2) is 3.63. The third-order valence-corrected chi connectivity index (χ3v) is 2.40. The maximum absolute atomic E-state index is 3.85. The van der Waals surface area contributed by atoms with Crippen molar-refractivity contribution in [1.29, 1.82) is 0 Å². The highest BCUT2D eigenvalue weighted by Crippen LogP contribution is 2.27. The average molecular weight is 164 g/mol. The molecule has 11 heavy (non-hydrogen) atoms. The van der Waals surface area contributed by atoms with E-state index in [1.54, 1.807) is 11.8 Å². The van der Waals surface area contributed by atoms with E-state index in [4.69, 9.17) is 0 Å². The van der Waals surface area contributed by atoms with Gasteiger partial charge in [0.05, 0.1) is 0 Å². The van der Waals surface area contributed by atoms with Crippen LogP contribution in [0.1, 0.15) is 12.5 Å². The van der Waals surface area contributed by atoms with Gasteiger partial charge in [-0.05, 0) is 30.4 Å². The summed E-state index contributed by atoms with van der Waals surface area (Å²) in [4.78, 5) is 2.44. The van der Waals surface area contributed by atoms with Crippen LogP contribution in [0.2, 0.25) is 0 Å². The van der Waals surface area contributed by atoms with Crippen LogP contribution in [-0.2, 0) is 0 Å². The van der Waals surface area contributed by atoms with Gasteiger partial charge in [-0.3, -0.25) is 0 Å². The Morgan fingerprint density at radius 1 is 1.36 bits per heavy atom. The zero-order valence-electron chi connectivity index (χ0n) is 6.92. The number of aryl methyl sites for hydroxylation is 1. The summed E-state index contributed by atoms with van der Waals surface area (Å²) in [5, 5.41) is 0. The van der Waals surface area contributed by atoms with Gasteiger partial charge in [-0.25, -0.2) is 0 Å². The molecule has 58 valence electrons. The molecule has 0 fully saturated rings. The molecule has 0 saturated heterocycles. The maximum Gasteiger partial charge on any atom is 0.0147 e. The monoisotopic (exact) mass is 164 g/mol. The van der Waals surface area contributed by atoms with Crippen LogP contribution >= 0.6 is 11.8 Å². The first-order valence-corrected chi connectivity index (χ1v) is 4.41. The topological polar surface area (TPSA) is 0 Å². The van der Waals surface area contributed by atoms with Crippen molar-refractivity contribution in [3.63, 3.8) is 0 Å². The molecule has 0 saturated carbocycles. The molecule has 0 bridgehead atoms. The van der Waals surface area contributed by atoms with E-state index in [1.165, 1.54) is 10.5 Å². The molecular weight excluding hydrogens is 152 g/mol.